The minimum Gasteiger partial charge on any atom is -0.394 e. The Labute approximate surface area is 90.0 Å². The van der Waals surface area contributed by atoms with Gasteiger partial charge in [-0.25, -0.2) is 0 Å². The van der Waals surface area contributed by atoms with Crippen LogP contribution in [0.3, 0.4) is 0 Å². The summed E-state index contributed by atoms with van der Waals surface area (Å²) in [5.74, 6) is -0.0366. The van der Waals surface area contributed by atoms with E-state index in [0.29, 0.717) is 19.7 Å². The Morgan fingerprint density at radius 1 is 1.67 bits per heavy atom. The topological polar surface area (TPSA) is 59.0 Å². The Kier molecular flexibility index (Phi) is 5.01. The Hall–Kier alpha value is -0.650. The summed E-state index contributed by atoms with van der Waals surface area (Å²) in [4.78, 5) is 13.3. The maximum atomic E-state index is 11.6. The van der Waals surface area contributed by atoms with Gasteiger partial charge >= 0.3 is 0 Å². The fraction of sp³-hybridized carbons (Fsp3) is 0.900. The van der Waals surface area contributed by atoms with Crippen molar-refractivity contribution in [3.63, 3.8) is 0 Å². The molecule has 1 N–H and O–H groups in total. The van der Waals surface area contributed by atoms with Gasteiger partial charge in [-0.3, -0.25) is 4.79 Å². The van der Waals surface area contributed by atoms with E-state index >= 15 is 0 Å². The average Bonchev–Trinajstić information content (AvgIpc) is 2.26. The van der Waals surface area contributed by atoms with Crippen molar-refractivity contribution in [2.24, 2.45) is 0 Å². The lowest BCUT2D eigenvalue weighted by atomic mass is 10.3. The molecule has 1 unspecified atom stereocenters. The van der Waals surface area contributed by atoms with Gasteiger partial charge < -0.3 is 19.5 Å². The number of ether oxygens (including phenoxy) is 2. The van der Waals surface area contributed by atoms with Gasteiger partial charge in [-0.05, 0) is 13.8 Å². The third-order valence-electron chi connectivity index (χ3n) is 2.24. The molecule has 0 bridgehead atoms. The van der Waals surface area contributed by atoms with Crippen molar-refractivity contribution >= 4 is 5.91 Å². The molecule has 1 fully saturated rings. The van der Waals surface area contributed by atoms with E-state index in [0.717, 1.165) is 0 Å². The highest BCUT2D eigenvalue weighted by atomic mass is 16.5. The number of hydrogen-bond donors (Lipinski definition) is 1. The van der Waals surface area contributed by atoms with Crippen molar-refractivity contribution in [3.05, 3.63) is 0 Å². The van der Waals surface area contributed by atoms with Gasteiger partial charge in [-0.1, -0.05) is 0 Å². The molecule has 0 spiro atoms. The number of carbonyl (C=O) groups excluding carboxylic acids is 1. The van der Waals surface area contributed by atoms with Crippen molar-refractivity contribution in [2.75, 3.05) is 32.9 Å². The number of aliphatic hydroxyl groups excluding tert-OH is 1. The zero-order valence-corrected chi connectivity index (χ0v) is 9.31. The molecule has 0 radical (unpaired) electrons. The normalized spacial score (nSPS) is 22.1. The molecule has 5 heteroatoms. The summed E-state index contributed by atoms with van der Waals surface area (Å²) in [6.07, 6.45) is -0.189. The standard InChI is InChI=1S/C10H19NO4/c1-8(2)15-7-10(13)11-3-4-14-9(5-11)6-12/h8-9,12H,3-7H2,1-2H3. The molecular weight excluding hydrogens is 198 g/mol. The zero-order valence-electron chi connectivity index (χ0n) is 9.31. The molecule has 0 aromatic heterocycles. The maximum Gasteiger partial charge on any atom is 0.248 e. The van der Waals surface area contributed by atoms with Gasteiger partial charge in [0, 0.05) is 13.1 Å². The van der Waals surface area contributed by atoms with Crippen molar-refractivity contribution in [1.82, 2.24) is 4.90 Å². The van der Waals surface area contributed by atoms with Crippen LogP contribution in [0.4, 0.5) is 0 Å². The smallest absolute Gasteiger partial charge is 0.248 e. The van der Waals surface area contributed by atoms with Crippen LogP contribution in [0.2, 0.25) is 0 Å². The molecule has 1 heterocycles. The average molecular weight is 217 g/mol. The number of morpholine rings is 1. The number of nitrogens with zero attached hydrogens (tertiary/aromatic N) is 1. The summed E-state index contributed by atoms with van der Waals surface area (Å²) in [7, 11) is 0. The first-order chi connectivity index (χ1) is 7.13. The van der Waals surface area contributed by atoms with Gasteiger partial charge in [0.1, 0.15) is 6.61 Å². The fourth-order valence-corrected chi connectivity index (χ4v) is 1.39. The number of rotatable bonds is 4. The van der Waals surface area contributed by atoms with Crippen LogP contribution in [0.25, 0.3) is 0 Å². The number of carbonyl (C=O) groups is 1. The minimum atomic E-state index is -0.248. The summed E-state index contributed by atoms with van der Waals surface area (Å²) >= 11 is 0. The molecule has 1 saturated heterocycles. The van der Waals surface area contributed by atoms with Gasteiger partial charge in [-0.15, -0.1) is 0 Å². The van der Waals surface area contributed by atoms with Crippen LogP contribution in [0.5, 0.6) is 0 Å². The number of hydrogen-bond acceptors (Lipinski definition) is 4. The second-order valence-electron chi connectivity index (χ2n) is 3.87. The zero-order chi connectivity index (χ0) is 11.3. The van der Waals surface area contributed by atoms with Crippen LogP contribution < -0.4 is 0 Å². The van der Waals surface area contributed by atoms with E-state index < -0.39 is 0 Å². The lowest BCUT2D eigenvalue weighted by molar-refractivity contribution is -0.146. The monoisotopic (exact) mass is 217 g/mol. The van der Waals surface area contributed by atoms with Crippen molar-refractivity contribution < 1.29 is 19.4 Å². The predicted octanol–water partition coefficient (Wildman–Crippen LogP) is -0.369. The summed E-state index contributed by atoms with van der Waals surface area (Å²) in [5, 5.41) is 8.91. The third kappa shape index (κ3) is 4.15. The summed E-state index contributed by atoms with van der Waals surface area (Å²) < 4.78 is 10.5. The maximum absolute atomic E-state index is 11.6. The fourth-order valence-electron chi connectivity index (χ4n) is 1.39. The minimum absolute atomic E-state index is 0.0366. The summed E-state index contributed by atoms with van der Waals surface area (Å²) in [5.41, 5.74) is 0. The van der Waals surface area contributed by atoms with Crippen molar-refractivity contribution in [2.45, 2.75) is 26.1 Å². The molecular formula is C10H19NO4. The second kappa shape index (κ2) is 6.05. The van der Waals surface area contributed by atoms with E-state index in [1.54, 1.807) is 4.90 Å². The highest BCUT2D eigenvalue weighted by molar-refractivity contribution is 5.77. The Morgan fingerprint density at radius 2 is 2.40 bits per heavy atom. The molecule has 1 aliphatic rings. The molecule has 0 saturated carbocycles. The highest BCUT2D eigenvalue weighted by Crippen LogP contribution is 2.05. The number of amides is 1. The van der Waals surface area contributed by atoms with Crippen molar-refractivity contribution in [1.29, 1.82) is 0 Å². The van der Waals surface area contributed by atoms with E-state index in [-0.39, 0.29) is 31.3 Å². The first-order valence-electron chi connectivity index (χ1n) is 5.25. The van der Waals surface area contributed by atoms with Gasteiger partial charge in [-0.2, -0.15) is 0 Å². The van der Waals surface area contributed by atoms with Gasteiger partial charge in [0.05, 0.1) is 25.4 Å². The Morgan fingerprint density at radius 3 is 3.00 bits per heavy atom. The van der Waals surface area contributed by atoms with E-state index in [4.69, 9.17) is 14.6 Å². The SMILES string of the molecule is CC(C)OCC(=O)N1CCOC(CO)C1. The van der Waals surface area contributed by atoms with Crippen LogP contribution in [0.1, 0.15) is 13.8 Å². The lowest BCUT2D eigenvalue weighted by Crippen LogP contribution is -2.48. The van der Waals surface area contributed by atoms with Gasteiger partial charge in [0.2, 0.25) is 5.91 Å². The van der Waals surface area contributed by atoms with E-state index in [9.17, 15) is 4.79 Å². The molecule has 1 atom stereocenters. The van der Waals surface area contributed by atoms with Crippen molar-refractivity contribution in [3.8, 4) is 0 Å². The number of aliphatic hydroxyl groups is 1. The van der Waals surface area contributed by atoms with Crippen LogP contribution in [0.15, 0.2) is 0 Å². The van der Waals surface area contributed by atoms with Crippen LogP contribution in [-0.2, 0) is 14.3 Å². The lowest BCUT2D eigenvalue weighted by Gasteiger charge is -2.32. The Bertz CT molecular complexity index is 208. The first kappa shape index (κ1) is 12.4. The van der Waals surface area contributed by atoms with Crippen LogP contribution >= 0.6 is 0 Å². The molecule has 88 valence electrons. The van der Waals surface area contributed by atoms with E-state index in [1.165, 1.54) is 0 Å². The highest BCUT2D eigenvalue weighted by Gasteiger charge is 2.23. The summed E-state index contributed by atoms with van der Waals surface area (Å²) in [6, 6.07) is 0. The second-order valence-corrected chi connectivity index (χ2v) is 3.87. The molecule has 5 nitrogen and oxygen atoms in total. The molecule has 0 aromatic rings. The third-order valence-corrected chi connectivity index (χ3v) is 2.24. The van der Waals surface area contributed by atoms with Crippen LogP contribution in [0, 0.1) is 0 Å². The van der Waals surface area contributed by atoms with Crippen LogP contribution in [-0.4, -0.2) is 61.0 Å². The molecule has 15 heavy (non-hydrogen) atoms. The molecule has 1 rings (SSSR count). The molecule has 1 amide bonds. The largest absolute Gasteiger partial charge is 0.394 e. The summed E-state index contributed by atoms with van der Waals surface area (Å²) in [6.45, 7) is 5.36. The van der Waals surface area contributed by atoms with Gasteiger partial charge in [0.25, 0.3) is 0 Å². The first-order valence-corrected chi connectivity index (χ1v) is 5.25. The molecule has 0 aromatic carbocycles. The molecule has 1 aliphatic heterocycles. The predicted molar refractivity (Wildman–Crippen MR) is 54.5 cm³/mol. The van der Waals surface area contributed by atoms with Gasteiger partial charge in [0.15, 0.2) is 0 Å². The van der Waals surface area contributed by atoms with E-state index in [1.807, 2.05) is 13.8 Å². The quantitative estimate of drug-likeness (QED) is 0.698. The Balaban J connectivity index is 2.32. The van der Waals surface area contributed by atoms with E-state index in [2.05, 4.69) is 0 Å². The molecule has 0 aliphatic carbocycles.